The molecule has 0 bridgehead atoms. The van der Waals surface area contributed by atoms with E-state index in [1.165, 1.54) is 6.20 Å². The molecule has 0 aromatic carbocycles. The van der Waals surface area contributed by atoms with E-state index in [2.05, 4.69) is 19.9 Å². The van der Waals surface area contributed by atoms with Gasteiger partial charge in [-0.25, -0.2) is 13.1 Å². The molecule has 1 aliphatic rings. The Hall–Kier alpha value is -1.22. The molecule has 0 atom stereocenters. The molecule has 8 heteroatoms. The highest BCUT2D eigenvalue weighted by Crippen LogP contribution is 2.18. The van der Waals surface area contributed by atoms with Crippen molar-refractivity contribution in [2.75, 3.05) is 51.8 Å². The number of anilines is 1. The Balaban J connectivity index is 1.83. The molecule has 1 aromatic heterocycles. The van der Waals surface area contributed by atoms with Crippen molar-refractivity contribution in [1.29, 1.82) is 0 Å². The summed E-state index contributed by atoms with van der Waals surface area (Å²) < 4.78 is 32.4. The molecule has 1 fully saturated rings. The Morgan fingerprint density at radius 1 is 1.38 bits per heavy atom. The van der Waals surface area contributed by atoms with E-state index in [1.54, 1.807) is 19.3 Å². The lowest BCUT2D eigenvalue weighted by molar-refractivity contribution is 0.0376. The first-order valence-corrected chi connectivity index (χ1v) is 8.53. The third-order valence-corrected chi connectivity index (χ3v) is 4.88. The second-order valence-electron chi connectivity index (χ2n) is 4.83. The van der Waals surface area contributed by atoms with Gasteiger partial charge in [-0.3, -0.25) is 9.88 Å². The number of nitrogens with one attached hydrogen (secondary N) is 2. The molecular weight excluding hydrogens is 292 g/mol. The Morgan fingerprint density at radius 2 is 2.14 bits per heavy atom. The molecule has 2 heterocycles. The van der Waals surface area contributed by atoms with Crippen molar-refractivity contribution in [1.82, 2.24) is 14.6 Å². The van der Waals surface area contributed by atoms with Gasteiger partial charge in [0.15, 0.2) is 0 Å². The maximum absolute atomic E-state index is 12.2. The summed E-state index contributed by atoms with van der Waals surface area (Å²) in [6.07, 6.45) is 3.69. The van der Waals surface area contributed by atoms with Crippen molar-refractivity contribution in [2.24, 2.45) is 0 Å². The molecule has 1 saturated heterocycles. The molecule has 0 unspecified atom stereocenters. The predicted molar refractivity (Wildman–Crippen MR) is 80.8 cm³/mol. The number of morpholine rings is 1. The van der Waals surface area contributed by atoms with E-state index in [0.29, 0.717) is 12.2 Å². The van der Waals surface area contributed by atoms with Gasteiger partial charge in [0.1, 0.15) is 4.90 Å². The van der Waals surface area contributed by atoms with Crippen molar-refractivity contribution in [3.63, 3.8) is 0 Å². The van der Waals surface area contributed by atoms with E-state index >= 15 is 0 Å². The number of hydrogen-bond acceptors (Lipinski definition) is 6. The van der Waals surface area contributed by atoms with Crippen molar-refractivity contribution < 1.29 is 13.2 Å². The standard InChI is InChI=1S/C13H22N4O3S/c1-14-12-3-5-15-11-13(12)21(18,19)16-4-2-6-17-7-9-20-10-8-17/h3,5,11,16H,2,4,6-10H2,1H3,(H,14,15). The molecule has 0 saturated carbocycles. The normalized spacial score (nSPS) is 16.8. The summed E-state index contributed by atoms with van der Waals surface area (Å²) in [5.41, 5.74) is 0.547. The fourth-order valence-corrected chi connectivity index (χ4v) is 3.44. The monoisotopic (exact) mass is 314 g/mol. The third kappa shape index (κ3) is 4.63. The highest BCUT2D eigenvalue weighted by Gasteiger charge is 2.18. The highest BCUT2D eigenvalue weighted by molar-refractivity contribution is 7.89. The SMILES string of the molecule is CNc1ccncc1S(=O)(=O)NCCCN1CCOCC1. The van der Waals surface area contributed by atoms with Gasteiger partial charge in [-0.15, -0.1) is 0 Å². The molecule has 1 aliphatic heterocycles. The van der Waals surface area contributed by atoms with Crippen molar-refractivity contribution in [2.45, 2.75) is 11.3 Å². The first kappa shape index (κ1) is 16.2. The van der Waals surface area contributed by atoms with E-state index in [0.717, 1.165) is 39.3 Å². The van der Waals surface area contributed by atoms with Crippen LogP contribution in [0.1, 0.15) is 6.42 Å². The fourth-order valence-electron chi connectivity index (χ4n) is 2.21. The van der Waals surface area contributed by atoms with Gasteiger partial charge in [0.05, 0.1) is 18.9 Å². The van der Waals surface area contributed by atoms with Crippen LogP contribution in [0.2, 0.25) is 0 Å². The summed E-state index contributed by atoms with van der Waals surface area (Å²) >= 11 is 0. The summed E-state index contributed by atoms with van der Waals surface area (Å²) in [7, 11) is -1.84. The smallest absolute Gasteiger partial charge is 0.244 e. The molecule has 0 radical (unpaired) electrons. The molecule has 21 heavy (non-hydrogen) atoms. The summed E-state index contributed by atoms with van der Waals surface area (Å²) in [5.74, 6) is 0. The molecular formula is C13H22N4O3S. The second kappa shape index (κ2) is 7.69. The van der Waals surface area contributed by atoms with Crippen LogP contribution in [-0.4, -0.2) is 64.7 Å². The van der Waals surface area contributed by atoms with Crippen LogP contribution in [0.3, 0.4) is 0 Å². The van der Waals surface area contributed by atoms with Crippen LogP contribution in [0.25, 0.3) is 0 Å². The van der Waals surface area contributed by atoms with E-state index in [1.807, 2.05) is 0 Å². The Bertz CT molecular complexity index is 544. The number of nitrogens with zero attached hydrogens (tertiary/aromatic N) is 2. The molecule has 7 nitrogen and oxygen atoms in total. The first-order chi connectivity index (χ1) is 10.1. The topological polar surface area (TPSA) is 83.6 Å². The van der Waals surface area contributed by atoms with Crippen molar-refractivity contribution in [3.8, 4) is 0 Å². The first-order valence-electron chi connectivity index (χ1n) is 7.05. The van der Waals surface area contributed by atoms with Crippen molar-refractivity contribution in [3.05, 3.63) is 18.5 Å². The van der Waals surface area contributed by atoms with Crippen LogP contribution in [0, 0.1) is 0 Å². The number of aromatic nitrogens is 1. The Labute approximate surface area is 125 Å². The van der Waals surface area contributed by atoms with E-state index < -0.39 is 10.0 Å². The van der Waals surface area contributed by atoms with Crippen LogP contribution in [0.4, 0.5) is 5.69 Å². The average Bonchev–Trinajstić information content (AvgIpc) is 2.52. The predicted octanol–water partition coefficient (Wildman–Crippen LogP) is 0.124. The lowest BCUT2D eigenvalue weighted by Crippen LogP contribution is -2.38. The minimum Gasteiger partial charge on any atom is -0.387 e. The van der Waals surface area contributed by atoms with Crippen LogP contribution in [0.15, 0.2) is 23.4 Å². The molecule has 0 amide bonds. The zero-order valence-electron chi connectivity index (χ0n) is 12.2. The number of sulfonamides is 1. The van der Waals surface area contributed by atoms with Crippen LogP contribution < -0.4 is 10.0 Å². The number of hydrogen-bond donors (Lipinski definition) is 2. The molecule has 0 spiro atoms. The fraction of sp³-hybridized carbons (Fsp3) is 0.615. The summed E-state index contributed by atoms with van der Waals surface area (Å²) in [6, 6.07) is 1.64. The van der Waals surface area contributed by atoms with E-state index in [-0.39, 0.29) is 4.90 Å². The van der Waals surface area contributed by atoms with Gasteiger partial charge in [0.25, 0.3) is 0 Å². The number of ether oxygens (including phenoxy) is 1. The number of pyridine rings is 1. The second-order valence-corrected chi connectivity index (χ2v) is 6.56. The van der Waals surface area contributed by atoms with Gasteiger partial charge in [-0.1, -0.05) is 0 Å². The van der Waals surface area contributed by atoms with Gasteiger partial charge >= 0.3 is 0 Å². The van der Waals surface area contributed by atoms with E-state index in [9.17, 15) is 8.42 Å². The maximum Gasteiger partial charge on any atom is 0.244 e. The zero-order valence-corrected chi connectivity index (χ0v) is 13.0. The molecule has 118 valence electrons. The molecule has 2 rings (SSSR count). The lowest BCUT2D eigenvalue weighted by Gasteiger charge is -2.26. The van der Waals surface area contributed by atoms with Gasteiger partial charge in [0, 0.05) is 39.1 Å². The highest BCUT2D eigenvalue weighted by atomic mass is 32.2. The third-order valence-electron chi connectivity index (χ3n) is 3.39. The Kier molecular flexibility index (Phi) is 5.92. The molecule has 1 aromatic rings. The maximum atomic E-state index is 12.2. The summed E-state index contributed by atoms with van der Waals surface area (Å²) in [6.45, 7) is 4.63. The largest absolute Gasteiger partial charge is 0.387 e. The average molecular weight is 314 g/mol. The van der Waals surface area contributed by atoms with Crippen molar-refractivity contribution >= 4 is 15.7 Å². The van der Waals surface area contributed by atoms with E-state index in [4.69, 9.17) is 4.74 Å². The minimum atomic E-state index is -3.52. The summed E-state index contributed by atoms with van der Waals surface area (Å²) in [4.78, 5) is 6.34. The lowest BCUT2D eigenvalue weighted by atomic mass is 10.3. The van der Waals surface area contributed by atoms with Crippen LogP contribution >= 0.6 is 0 Å². The van der Waals surface area contributed by atoms with Crippen LogP contribution in [-0.2, 0) is 14.8 Å². The molecule has 2 N–H and O–H groups in total. The summed E-state index contributed by atoms with van der Waals surface area (Å²) in [5, 5.41) is 2.86. The zero-order chi connectivity index (χ0) is 15.1. The van der Waals surface area contributed by atoms with Gasteiger partial charge < -0.3 is 10.1 Å². The van der Waals surface area contributed by atoms with Gasteiger partial charge in [0.2, 0.25) is 10.0 Å². The quantitative estimate of drug-likeness (QED) is 0.696. The minimum absolute atomic E-state index is 0.180. The molecule has 0 aliphatic carbocycles. The van der Waals surface area contributed by atoms with Crippen LogP contribution in [0.5, 0.6) is 0 Å². The van der Waals surface area contributed by atoms with Gasteiger partial charge in [-0.2, -0.15) is 0 Å². The van der Waals surface area contributed by atoms with Gasteiger partial charge in [-0.05, 0) is 19.0 Å². The number of rotatable bonds is 7. The Morgan fingerprint density at radius 3 is 2.86 bits per heavy atom.